The first-order valence-electron chi connectivity index (χ1n) is 6.38. The lowest BCUT2D eigenvalue weighted by Crippen LogP contribution is -2.20. The molecule has 0 aromatic heterocycles. The topological polar surface area (TPSA) is 44.6 Å². The largest absolute Gasteiger partial charge is 0.508 e. The number of benzene rings is 1. The molecule has 2 N–H and O–H groups in total. The van der Waals surface area contributed by atoms with Crippen molar-refractivity contribution in [2.75, 3.05) is 13.3 Å². The van der Waals surface area contributed by atoms with Crippen LogP contribution in [0, 0.1) is 0 Å². The molecule has 0 amide bonds. The monoisotopic (exact) mass is 286 g/mol. The molecule has 1 unspecified atom stereocenters. The maximum atomic E-state index is 10.1. The summed E-state index contributed by atoms with van der Waals surface area (Å²) in [5, 5.41) is 13.2. The van der Waals surface area contributed by atoms with Crippen molar-refractivity contribution in [3.8, 4) is 0 Å². The zero-order valence-electron chi connectivity index (χ0n) is 11.6. The third-order valence-electron chi connectivity index (χ3n) is 2.99. The van der Waals surface area contributed by atoms with E-state index in [0.717, 1.165) is 10.6 Å². The van der Waals surface area contributed by atoms with E-state index in [9.17, 15) is 5.11 Å². The van der Waals surface area contributed by atoms with Crippen LogP contribution >= 0.6 is 11.8 Å². The molecule has 1 aliphatic carbocycles. The van der Waals surface area contributed by atoms with Crippen LogP contribution in [0.2, 0.25) is 0 Å². The molecular formula is C16H18N2OS. The van der Waals surface area contributed by atoms with Crippen LogP contribution in [0.15, 0.2) is 69.8 Å². The summed E-state index contributed by atoms with van der Waals surface area (Å²) in [4.78, 5) is 5.59. The number of aliphatic imine (C=N–C) groups is 1. The lowest BCUT2D eigenvalue weighted by molar-refractivity contribution is 0.424. The third-order valence-corrected chi connectivity index (χ3v) is 3.77. The first-order valence-corrected chi connectivity index (χ1v) is 7.61. The van der Waals surface area contributed by atoms with Gasteiger partial charge in [-0.3, -0.25) is 4.99 Å². The van der Waals surface area contributed by atoms with Crippen LogP contribution in [0.1, 0.15) is 0 Å². The molecule has 1 aromatic rings. The number of allylic oxidation sites excluding steroid dienone is 3. The van der Waals surface area contributed by atoms with E-state index in [4.69, 9.17) is 0 Å². The fourth-order valence-electron chi connectivity index (χ4n) is 1.85. The molecule has 3 nitrogen and oxygen atoms in total. The van der Waals surface area contributed by atoms with E-state index in [0.29, 0.717) is 5.57 Å². The van der Waals surface area contributed by atoms with Crippen molar-refractivity contribution in [1.82, 2.24) is 5.32 Å². The second-order valence-electron chi connectivity index (χ2n) is 4.30. The molecule has 0 saturated carbocycles. The van der Waals surface area contributed by atoms with E-state index >= 15 is 0 Å². The molecule has 1 aliphatic rings. The Bertz CT molecular complexity index is 588. The van der Waals surface area contributed by atoms with Crippen molar-refractivity contribution < 1.29 is 5.11 Å². The summed E-state index contributed by atoms with van der Waals surface area (Å²) in [5.41, 5.74) is 1.61. The van der Waals surface area contributed by atoms with Crippen LogP contribution in [-0.4, -0.2) is 30.7 Å². The molecule has 20 heavy (non-hydrogen) atoms. The highest BCUT2D eigenvalue weighted by molar-refractivity contribution is 7.98. The Labute approximate surface area is 123 Å². The molecule has 0 bridgehead atoms. The van der Waals surface area contributed by atoms with Gasteiger partial charge in [0.05, 0.1) is 5.69 Å². The van der Waals surface area contributed by atoms with Gasteiger partial charge in [0.2, 0.25) is 0 Å². The second-order valence-corrected chi connectivity index (χ2v) is 5.15. The summed E-state index contributed by atoms with van der Waals surface area (Å²) in [6, 6.07) is 7.99. The molecule has 0 fully saturated rings. The van der Waals surface area contributed by atoms with E-state index in [1.54, 1.807) is 24.1 Å². The fourth-order valence-corrected chi connectivity index (χ4v) is 2.39. The highest BCUT2D eigenvalue weighted by atomic mass is 32.2. The number of para-hydroxylation sites is 1. The van der Waals surface area contributed by atoms with Crippen molar-refractivity contribution in [2.45, 2.75) is 10.9 Å². The van der Waals surface area contributed by atoms with Gasteiger partial charge in [0, 0.05) is 22.7 Å². The number of likely N-dealkylation sites (N-methyl/N-ethyl adjacent to an activating group) is 1. The molecule has 2 rings (SSSR count). The van der Waals surface area contributed by atoms with Gasteiger partial charge in [-0.25, -0.2) is 0 Å². The highest BCUT2D eigenvalue weighted by Crippen LogP contribution is 2.27. The molecule has 4 heteroatoms. The molecule has 1 aromatic carbocycles. The summed E-state index contributed by atoms with van der Waals surface area (Å²) in [6.45, 7) is 0. The fraction of sp³-hybridized carbons (Fsp3) is 0.188. The van der Waals surface area contributed by atoms with Gasteiger partial charge in [0.25, 0.3) is 0 Å². The first kappa shape index (κ1) is 14.6. The van der Waals surface area contributed by atoms with Crippen molar-refractivity contribution >= 4 is 23.7 Å². The Hall–Kier alpha value is -1.78. The van der Waals surface area contributed by atoms with Crippen LogP contribution in [0.5, 0.6) is 0 Å². The van der Waals surface area contributed by atoms with Gasteiger partial charge in [-0.1, -0.05) is 24.3 Å². The van der Waals surface area contributed by atoms with Gasteiger partial charge in [-0.15, -0.1) is 11.8 Å². The minimum absolute atomic E-state index is 0.0376. The molecule has 0 saturated heterocycles. The Morgan fingerprint density at radius 1 is 1.35 bits per heavy atom. The molecule has 0 radical (unpaired) electrons. The lowest BCUT2D eigenvalue weighted by Gasteiger charge is -2.05. The van der Waals surface area contributed by atoms with E-state index < -0.39 is 0 Å². The number of nitrogens with one attached hydrogen (secondary N) is 1. The van der Waals surface area contributed by atoms with Crippen LogP contribution in [0.3, 0.4) is 0 Å². The van der Waals surface area contributed by atoms with Gasteiger partial charge in [-0.05, 0) is 37.6 Å². The number of thioether (sulfide) groups is 1. The number of nitrogens with zero attached hydrogens (tertiary/aromatic N) is 1. The SMILES string of the molecule is CNC1C=CC=C(C=Nc2ccccc2SC)C(O)=C1. The maximum Gasteiger partial charge on any atom is 0.122 e. The van der Waals surface area contributed by atoms with Crippen molar-refractivity contribution in [3.63, 3.8) is 0 Å². The highest BCUT2D eigenvalue weighted by Gasteiger charge is 2.07. The molecule has 1 atom stereocenters. The van der Waals surface area contributed by atoms with E-state index in [1.165, 1.54) is 0 Å². The Kier molecular flexibility index (Phi) is 5.21. The Morgan fingerprint density at radius 3 is 2.90 bits per heavy atom. The number of hydrogen-bond acceptors (Lipinski definition) is 4. The predicted molar refractivity (Wildman–Crippen MR) is 87.2 cm³/mol. The second kappa shape index (κ2) is 7.12. The van der Waals surface area contributed by atoms with Crippen LogP contribution in [0.4, 0.5) is 5.69 Å². The summed E-state index contributed by atoms with van der Waals surface area (Å²) < 4.78 is 0. The molecule has 104 valence electrons. The van der Waals surface area contributed by atoms with Gasteiger partial charge in [0.15, 0.2) is 0 Å². The van der Waals surface area contributed by atoms with Crippen LogP contribution < -0.4 is 5.32 Å². The van der Waals surface area contributed by atoms with E-state index in [2.05, 4.69) is 10.3 Å². The molecule has 0 aliphatic heterocycles. The maximum absolute atomic E-state index is 10.1. The Balaban J connectivity index is 2.23. The van der Waals surface area contributed by atoms with Crippen molar-refractivity contribution in [2.24, 2.45) is 4.99 Å². The summed E-state index contributed by atoms with van der Waals surface area (Å²) in [5.74, 6) is 0.236. The number of aliphatic hydroxyl groups is 1. The quantitative estimate of drug-likeness (QED) is 0.656. The zero-order valence-corrected chi connectivity index (χ0v) is 12.4. The van der Waals surface area contributed by atoms with Gasteiger partial charge < -0.3 is 10.4 Å². The van der Waals surface area contributed by atoms with E-state index in [-0.39, 0.29) is 11.8 Å². The Morgan fingerprint density at radius 2 is 2.15 bits per heavy atom. The minimum Gasteiger partial charge on any atom is -0.508 e. The third kappa shape index (κ3) is 3.62. The van der Waals surface area contributed by atoms with Crippen molar-refractivity contribution in [3.05, 3.63) is 59.9 Å². The first-order chi connectivity index (χ1) is 9.74. The van der Waals surface area contributed by atoms with Gasteiger partial charge >= 0.3 is 0 Å². The average Bonchev–Trinajstić information content (AvgIpc) is 2.66. The summed E-state index contributed by atoms with van der Waals surface area (Å²) in [6.07, 6.45) is 11.2. The van der Waals surface area contributed by atoms with E-state index in [1.807, 2.05) is 55.8 Å². The van der Waals surface area contributed by atoms with Crippen LogP contribution in [-0.2, 0) is 0 Å². The minimum atomic E-state index is 0.0376. The van der Waals surface area contributed by atoms with Gasteiger partial charge in [0.1, 0.15) is 5.76 Å². The standard InChI is InChI=1S/C16H18N2OS/c1-17-13-7-5-6-12(15(19)10-13)11-18-14-8-3-4-9-16(14)20-2/h3-11,13,17,19H,1-2H3. The number of hydrogen-bond donors (Lipinski definition) is 2. The number of rotatable bonds is 4. The summed E-state index contributed by atoms with van der Waals surface area (Å²) in [7, 11) is 1.85. The van der Waals surface area contributed by atoms with Crippen molar-refractivity contribution in [1.29, 1.82) is 0 Å². The summed E-state index contributed by atoms with van der Waals surface area (Å²) >= 11 is 1.66. The van der Waals surface area contributed by atoms with Crippen LogP contribution in [0.25, 0.3) is 0 Å². The average molecular weight is 286 g/mol. The van der Waals surface area contributed by atoms with Gasteiger partial charge in [-0.2, -0.15) is 0 Å². The zero-order chi connectivity index (χ0) is 14.4. The molecule has 0 spiro atoms. The molecular weight excluding hydrogens is 268 g/mol. The smallest absolute Gasteiger partial charge is 0.122 e. The lowest BCUT2D eigenvalue weighted by atomic mass is 10.2. The molecule has 0 heterocycles. The predicted octanol–water partition coefficient (Wildman–Crippen LogP) is 3.64. The normalized spacial score (nSPS) is 18.8. The number of aliphatic hydroxyl groups excluding tert-OH is 1.